The number of hydrogen-bond acceptors (Lipinski definition) is 6. The zero-order valence-corrected chi connectivity index (χ0v) is 22.4. The van der Waals surface area contributed by atoms with Gasteiger partial charge in [0, 0.05) is 33.2 Å². The van der Waals surface area contributed by atoms with Crippen molar-refractivity contribution in [2.24, 2.45) is 4.99 Å². The molecule has 0 bridgehead atoms. The van der Waals surface area contributed by atoms with E-state index in [9.17, 15) is 0 Å². The second-order valence-electron chi connectivity index (χ2n) is 6.92. The van der Waals surface area contributed by atoms with Crippen molar-refractivity contribution in [2.75, 3.05) is 48.2 Å². The van der Waals surface area contributed by atoms with E-state index in [0.29, 0.717) is 49.5 Å². The standard InChI is InChI=1S/C24H35N3O5.HI/c1-6-25-24(26-16-18-9-7-10-20(13-18)32-12-8-11-28-2)27-17-19-14-21(29-3)23(31-5)22(15-19)30-4;/h7,9-10,13-15H,6,8,11-12,16-17H2,1-5H3,(H2,25,26,27);1H. The van der Waals surface area contributed by atoms with Crippen molar-refractivity contribution in [3.05, 3.63) is 47.5 Å². The largest absolute Gasteiger partial charge is 0.493 e. The maximum absolute atomic E-state index is 5.78. The van der Waals surface area contributed by atoms with E-state index >= 15 is 0 Å². The normalized spacial score (nSPS) is 10.8. The molecule has 9 heteroatoms. The fourth-order valence-corrected chi connectivity index (χ4v) is 3.06. The maximum atomic E-state index is 5.78. The Labute approximate surface area is 214 Å². The Morgan fingerprint density at radius 3 is 2.21 bits per heavy atom. The third kappa shape index (κ3) is 9.55. The molecule has 0 aromatic heterocycles. The van der Waals surface area contributed by atoms with Gasteiger partial charge in [-0.1, -0.05) is 12.1 Å². The molecule has 0 aliphatic heterocycles. The first-order chi connectivity index (χ1) is 15.6. The van der Waals surface area contributed by atoms with Crippen LogP contribution < -0.4 is 29.6 Å². The minimum absolute atomic E-state index is 0. The van der Waals surface area contributed by atoms with Gasteiger partial charge in [0.1, 0.15) is 5.75 Å². The number of benzene rings is 2. The van der Waals surface area contributed by atoms with Crippen LogP contribution >= 0.6 is 24.0 Å². The summed E-state index contributed by atoms with van der Waals surface area (Å²) in [7, 11) is 6.49. The number of methoxy groups -OCH3 is 4. The molecule has 0 spiro atoms. The van der Waals surface area contributed by atoms with Crippen molar-refractivity contribution < 1.29 is 23.7 Å². The second kappa shape index (κ2) is 16.2. The van der Waals surface area contributed by atoms with Crippen LogP contribution in [0.4, 0.5) is 0 Å². The third-order valence-electron chi connectivity index (χ3n) is 4.61. The number of nitrogens with zero attached hydrogens (tertiary/aromatic N) is 1. The molecule has 2 aromatic rings. The molecule has 0 unspecified atom stereocenters. The summed E-state index contributed by atoms with van der Waals surface area (Å²) in [6, 6.07) is 11.8. The smallest absolute Gasteiger partial charge is 0.203 e. The number of halogens is 1. The van der Waals surface area contributed by atoms with Gasteiger partial charge in [-0.25, -0.2) is 4.99 Å². The van der Waals surface area contributed by atoms with Crippen LogP contribution in [-0.2, 0) is 17.8 Å². The minimum atomic E-state index is 0. The van der Waals surface area contributed by atoms with E-state index in [2.05, 4.69) is 16.7 Å². The van der Waals surface area contributed by atoms with E-state index in [1.807, 2.05) is 37.3 Å². The molecule has 0 aliphatic carbocycles. The predicted molar refractivity (Wildman–Crippen MR) is 142 cm³/mol. The van der Waals surface area contributed by atoms with Crippen molar-refractivity contribution >= 4 is 29.9 Å². The van der Waals surface area contributed by atoms with Crippen LogP contribution in [-0.4, -0.2) is 54.2 Å². The van der Waals surface area contributed by atoms with E-state index in [1.54, 1.807) is 28.4 Å². The Hall–Kier alpha value is -2.40. The molecule has 0 atom stereocenters. The van der Waals surface area contributed by atoms with Crippen LogP contribution in [0.5, 0.6) is 23.0 Å². The first-order valence-corrected chi connectivity index (χ1v) is 10.7. The van der Waals surface area contributed by atoms with Gasteiger partial charge >= 0.3 is 0 Å². The lowest BCUT2D eigenvalue weighted by atomic mass is 10.2. The van der Waals surface area contributed by atoms with Gasteiger partial charge < -0.3 is 34.3 Å². The molecule has 0 aliphatic rings. The van der Waals surface area contributed by atoms with Gasteiger partial charge in [-0.15, -0.1) is 24.0 Å². The fraction of sp³-hybridized carbons (Fsp3) is 0.458. The van der Waals surface area contributed by atoms with Crippen molar-refractivity contribution in [3.63, 3.8) is 0 Å². The van der Waals surface area contributed by atoms with Crippen LogP contribution in [0.2, 0.25) is 0 Å². The molecular formula is C24H36IN3O5. The molecule has 0 heterocycles. The number of guanidine groups is 1. The molecule has 0 saturated carbocycles. The van der Waals surface area contributed by atoms with Crippen molar-refractivity contribution in [2.45, 2.75) is 26.4 Å². The fourth-order valence-electron chi connectivity index (χ4n) is 3.06. The van der Waals surface area contributed by atoms with Crippen LogP contribution in [0, 0.1) is 0 Å². The van der Waals surface area contributed by atoms with Gasteiger partial charge in [-0.05, 0) is 42.3 Å². The first kappa shape index (κ1) is 28.6. The lowest BCUT2D eigenvalue weighted by molar-refractivity contribution is 0.172. The Bertz CT molecular complexity index is 839. The molecule has 0 fully saturated rings. The summed E-state index contributed by atoms with van der Waals surface area (Å²) in [4.78, 5) is 4.69. The van der Waals surface area contributed by atoms with Crippen LogP contribution in [0.3, 0.4) is 0 Å². The Morgan fingerprint density at radius 2 is 1.61 bits per heavy atom. The topological polar surface area (TPSA) is 82.6 Å². The molecular weight excluding hydrogens is 537 g/mol. The molecule has 184 valence electrons. The molecule has 2 rings (SSSR count). The number of aliphatic imine (C=N–C) groups is 1. The summed E-state index contributed by atoms with van der Waals surface area (Å²) in [5.74, 6) is 3.35. The highest BCUT2D eigenvalue weighted by atomic mass is 127. The highest BCUT2D eigenvalue weighted by Crippen LogP contribution is 2.38. The molecule has 8 nitrogen and oxygen atoms in total. The third-order valence-corrected chi connectivity index (χ3v) is 4.61. The monoisotopic (exact) mass is 573 g/mol. The van der Waals surface area contributed by atoms with E-state index in [1.165, 1.54) is 0 Å². The summed E-state index contributed by atoms with van der Waals surface area (Å²) in [5, 5.41) is 6.64. The quantitative estimate of drug-likeness (QED) is 0.162. The summed E-state index contributed by atoms with van der Waals surface area (Å²) in [6.07, 6.45) is 0.858. The molecule has 0 amide bonds. The van der Waals surface area contributed by atoms with Gasteiger partial charge in [-0.3, -0.25) is 0 Å². The Morgan fingerprint density at radius 1 is 0.879 bits per heavy atom. The SMILES string of the molecule is CCNC(=NCc1cc(OC)c(OC)c(OC)c1)NCc1cccc(OCCCOC)c1.I. The Balaban J connectivity index is 0.00000544. The van der Waals surface area contributed by atoms with Crippen LogP contribution in [0.15, 0.2) is 41.4 Å². The average Bonchev–Trinajstić information content (AvgIpc) is 2.83. The number of hydrogen-bond donors (Lipinski definition) is 2. The number of ether oxygens (including phenoxy) is 5. The average molecular weight is 573 g/mol. The summed E-state index contributed by atoms with van der Waals surface area (Å²) in [5.41, 5.74) is 2.05. The van der Waals surface area contributed by atoms with E-state index in [4.69, 9.17) is 28.7 Å². The van der Waals surface area contributed by atoms with Gasteiger partial charge in [0.15, 0.2) is 17.5 Å². The second-order valence-corrected chi connectivity index (χ2v) is 6.92. The van der Waals surface area contributed by atoms with Gasteiger partial charge in [0.2, 0.25) is 5.75 Å². The summed E-state index contributed by atoms with van der Waals surface area (Å²) >= 11 is 0. The summed E-state index contributed by atoms with van der Waals surface area (Å²) in [6.45, 7) is 5.18. The highest BCUT2D eigenvalue weighted by molar-refractivity contribution is 14.0. The predicted octanol–water partition coefficient (Wildman–Crippen LogP) is 4.00. The lowest BCUT2D eigenvalue weighted by Gasteiger charge is -2.15. The van der Waals surface area contributed by atoms with Crippen molar-refractivity contribution in [1.82, 2.24) is 10.6 Å². The van der Waals surface area contributed by atoms with Gasteiger partial charge in [-0.2, -0.15) is 0 Å². The van der Waals surface area contributed by atoms with Crippen molar-refractivity contribution in [3.8, 4) is 23.0 Å². The van der Waals surface area contributed by atoms with E-state index < -0.39 is 0 Å². The zero-order valence-electron chi connectivity index (χ0n) is 20.1. The summed E-state index contributed by atoms with van der Waals surface area (Å²) < 4.78 is 27.1. The van der Waals surface area contributed by atoms with Gasteiger partial charge in [0.25, 0.3) is 0 Å². The lowest BCUT2D eigenvalue weighted by Crippen LogP contribution is -2.36. The number of rotatable bonds is 13. The van der Waals surface area contributed by atoms with Crippen molar-refractivity contribution in [1.29, 1.82) is 0 Å². The van der Waals surface area contributed by atoms with Gasteiger partial charge in [0.05, 0.1) is 34.5 Å². The molecule has 2 aromatic carbocycles. The number of nitrogens with one attached hydrogen (secondary N) is 2. The molecule has 0 saturated heterocycles. The minimum Gasteiger partial charge on any atom is -0.493 e. The first-order valence-electron chi connectivity index (χ1n) is 10.7. The van der Waals surface area contributed by atoms with E-state index in [0.717, 1.165) is 29.8 Å². The van der Waals surface area contributed by atoms with Crippen LogP contribution in [0.1, 0.15) is 24.5 Å². The van der Waals surface area contributed by atoms with Crippen LogP contribution in [0.25, 0.3) is 0 Å². The maximum Gasteiger partial charge on any atom is 0.203 e. The molecule has 0 radical (unpaired) electrons. The highest BCUT2D eigenvalue weighted by Gasteiger charge is 2.13. The zero-order chi connectivity index (χ0) is 23.2. The van der Waals surface area contributed by atoms with E-state index in [-0.39, 0.29) is 24.0 Å². The molecule has 2 N–H and O–H groups in total. The Kier molecular flexibility index (Phi) is 14.1. The molecule has 33 heavy (non-hydrogen) atoms.